The molecule has 0 aromatic rings. The minimum absolute atomic E-state index is 0.111. The molecule has 1 aliphatic heterocycles. The van der Waals surface area contributed by atoms with Crippen molar-refractivity contribution in [2.24, 2.45) is 0 Å². The number of aliphatic hydroxyl groups is 4. The van der Waals surface area contributed by atoms with Gasteiger partial charge >= 0.3 is 5.97 Å². The molecule has 0 saturated carbocycles. The molecule has 1 rings (SSSR count). The number of carbonyl (C=O) groups excluding carboxylic acids is 1. The maximum absolute atomic E-state index is 12.9. The molecule has 0 radical (unpaired) electrons. The van der Waals surface area contributed by atoms with Crippen molar-refractivity contribution >= 4 is 5.97 Å². The van der Waals surface area contributed by atoms with E-state index in [1.165, 1.54) is 186 Å². The second-order valence-corrected chi connectivity index (χ2v) is 20.1. The SMILES string of the molecule is CC/C=C\C/C=C\C/C=C\C/C=C\CCCCCCCCCCCCCCCOCC(COC1OC(CO)C(O)C(O)C1O)OC(=O)CCCCCCCCCCCCCCCCCCCCCC. The molecule has 0 spiro atoms. The average Bonchev–Trinajstić information content (AvgIpc) is 3.35. The van der Waals surface area contributed by atoms with Gasteiger partial charge in [-0.25, -0.2) is 0 Å². The highest BCUT2D eigenvalue weighted by Crippen LogP contribution is 2.23. The van der Waals surface area contributed by atoms with Gasteiger partial charge in [-0.1, -0.05) is 255 Å². The van der Waals surface area contributed by atoms with Gasteiger partial charge in [-0.15, -0.1) is 0 Å². The van der Waals surface area contributed by atoms with Gasteiger partial charge in [0.1, 0.15) is 30.5 Å². The lowest BCUT2D eigenvalue weighted by Crippen LogP contribution is -2.59. The van der Waals surface area contributed by atoms with Crippen LogP contribution in [0.15, 0.2) is 48.6 Å². The molecule has 6 unspecified atom stereocenters. The second kappa shape index (κ2) is 51.1. The zero-order valence-corrected chi connectivity index (χ0v) is 44.8. The first-order valence-corrected chi connectivity index (χ1v) is 29.2. The lowest BCUT2D eigenvalue weighted by Gasteiger charge is -2.39. The topological polar surface area (TPSA) is 135 Å². The zero-order valence-electron chi connectivity index (χ0n) is 44.8. The van der Waals surface area contributed by atoms with Gasteiger partial charge in [0.2, 0.25) is 0 Å². The molecule has 1 heterocycles. The molecule has 4 N–H and O–H groups in total. The normalized spacial score (nSPS) is 19.3. The van der Waals surface area contributed by atoms with Crippen molar-refractivity contribution in [3.05, 3.63) is 48.6 Å². The molecular weight excluding hydrogens is 865 g/mol. The van der Waals surface area contributed by atoms with Crippen LogP contribution in [0.5, 0.6) is 0 Å². The van der Waals surface area contributed by atoms with Gasteiger partial charge in [-0.3, -0.25) is 4.79 Å². The van der Waals surface area contributed by atoms with Gasteiger partial charge in [0.05, 0.1) is 19.8 Å². The van der Waals surface area contributed by atoms with Crippen LogP contribution in [0.25, 0.3) is 0 Å². The number of hydrogen-bond acceptors (Lipinski definition) is 9. The Hall–Kier alpha value is -1.85. The highest BCUT2D eigenvalue weighted by atomic mass is 16.7. The first kappa shape index (κ1) is 65.2. The molecule has 1 fully saturated rings. The van der Waals surface area contributed by atoms with Gasteiger partial charge < -0.3 is 39.4 Å². The quantitative estimate of drug-likeness (QED) is 0.0267. The van der Waals surface area contributed by atoms with Crippen LogP contribution in [0.3, 0.4) is 0 Å². The Morgan fingerprint density at radius 1 is 0.478 bits per heavy atom. The molecule has 69 heavy (non-hydrogen) atoms. The summed E-state index contributed by atoms with van der Waals surface area (Å²) in [6, 6.07) is 0. The van der Waals surface area contributed by atoms with Gasteiger partial charge in [0.15, 0.2) is 6.29 Å². The largest absolute Gasteiger partial charge is 0.457 e. The predicted molar refractivity (Wildman–Crippen MR) is 288 cm³/mol. The summed E-state index contributed by atoms with van der Waals surface area (Å²) in [5.41, 5.74) is 0. The Bertz CT molecular complexity index is 1200. The van der Waals surface area contributed by atoms with E-state index >= 15 is 0 Å². The van der Waals surface area contributed by atoms with Crippen molar-refractivity contribution in [3.8, 4) is 0 Å². The molecule has 1 saturated heterocycles. The molecule has 0 aromatic heterocycles. The second-order valence-electron chi connectivity index (χ2n) is 20.1. The van der Waals surface area contributed by atoms with E-state index in [-0.39, 0.29) is 19.2 Å². The third-order valence-electron chi connectivity index (χ3n) is 13.5. The smallest absolute Gasteiger partial charge is 0.306 e. The molecule has 1 aliphatic rings. The molecule has 9 heteroatoms. The first-order valence-electron chi connectivity index (χ1n) is 29.2. The maximum atomic E-state index is 12.9. The molecule has 6 atom stereocenters. The molecule has 404 valence electrons. The Morgan fingerprint density at radius 3 is 1.33 bits per heavy atom. The summed E-state index contributed by atoms with van der Waals surface area (Å²) in [4.78, 5) is 12.9. The van der Waals surface area contributed by atoms with Crippen LogP contribution in [0.2, 0.25) is 0 Å². The van der Waals surface area contributed by atoms with Crippen molar-refractivity contribution in [1.29, 1.82) is 0 Å². The summed E-state index contributed by atoms with van der Waals surface area (Å²) in [6.45, 7) is 4.49. The van der Waals surface area contributed by atoms with Crippen molar-refractivity contribution in [3.63, 3.8) is 0 Å². The summed E-state index contributed by atoms with van der Waals surface area (Å²) in [5.74, 6) is -0.308. The fourth-order valence-electron chi connectivity index (χ4n) is 9.02. The molecular formula is C60H110O9. The van der Waals surface area contributed by atoms with Gasteiger partial charge in [-0.2, -0.15) is 0 Å². The third-order valence-corrected chi connectivity index (χ3v) is 13.5. The van der Waals surface area contributed by atoms with E-state index in [1.807, 2.05) is 0 Å². The number of ether oxygens (including phenoxy) is 4. The lowest BCUT2D eigenvalue weighted by atomic mass is 9.99. The molecule has 0 aliphatic carbocycles. The van der Waals surface area contributed by atoms with Crippen LogP contribution in [0.4, 0.5) is 0 Å². The highest BCUT2D eigenvalue weighted by molar-refractivity contribution is 5.69. The summed E-state index contributed by atoms with van der Waals surface area (Å²) in [6.07, 6.45) is 58.7. The van der Waals surface area contributed by atoms with Gasteiger partial charge in [-0.05, 0) is 51.4 Å². The van der Waals surface area contributed by atoms with Crippen LogP contribution in [-0.4, -0.2) is 89.6 Å². The Morgan fingerprint density at radius 2 is 0.884 bits per heavy atom. The van der Waals surface area contributed by atoms with Gasteiger partial charge in [0.25, 0.3) is 0 Å². The van der Waals surface area contributed by atoms with E-state index < -0.39 is 43.4 Å². The number of aliphatic hydroxyl groups excluding tert-OH is 4. The summed E-state index contributed by atoms with van der Waals surface area (Å²) in [7, 11) is 0. The summed E-state index contributed by atoms with van der Waals surface area (Å²) >= 11 is 0. The highest BCUT2D eigenvalue weighted by Gasteiger charge is 2.44. The van der Waals surface area contributed by atoms with E-state index in [4.69, 9.17) is 18.9 Å². The van der Waals surface area contributed by atoms with E-state index in [9.17, 15) is 25.2 Å². The Balaban J connectivity index is 2.13. The van der Waals surface area contributed by atoms with E-state index in [1.54, 1.807) is 0 Å². The Kier molecular flexibility index (Phi) is 48.2. The molecule has 0 aromatic carbocycles. The predicted octanol–water partition coefficient (Wildman–Crippen LogP) is 15.2. The average molecular weight is 976 g/mol. The van der Waals surface area contributed by atoms with Crippen molar-refractivity contribution < 1.29 is 44.2 Å². The van der Waals surface area contributed by atoms with Gasteiger partial charge in [0, 0.05) is 13.0 Å². The van der Waals surface area contributed by atoms with E-state index in [0.29, 0.717) is 13.0 Å². The molecule has 9 nitrogen and oxygen atoms in total. The van der Waals surface area contributed by atoms with E-state index in [2.05, 4.69) is 62.5 Å². The Labute approximate surface area is 424 Å². The third kappa shape index (κ3) is 41.3. The minimum atomic E-state index is -1.54. The standard InChI is InChI=1S/C60H110O9/c1-3-5-7-9-11-13-15-17-19-21-23-25-26-27-28-29-30-32-34-36-38-40-42-44-46-48-50-66-52-54(53-67-60-59(65)58(64)57(63)55(51-61)69-60)68-56(62)49-47-45-43-41-39-37-35-33-31-24-22-20-18-16-14-12-10-8-6-4-2/h5,7,11,13,17,19,23,25,54-55,57-61,63-65H,3-4,6,8-10,12,14-16,18,20-22,24,26-53H2,1-2H3/b7-5-,13-11-,19-17-,25-23-. The number of allylic oxidation sites excluding steroid dienone is 8. The first-order chi connectivity index (χ1) is 33.9. The number of esters is 1. The van der Waals surface area contributed by atoms with Crippen molar-refractivity contribution in [2.45, 2.75) is 301 Å². The van der Waals surface area contributed by atoms with Crippen LogP contribution in [0, 0.1) is 0 Å². The van der Waals surface area contributed by atoms with Crippen LogP contribution in [0.1, 0.15) is 264 Å². The van der Waals surface area contributed by atoms with Crippen LogP contribution in [-0.2, 0) is 23.7 Å². The van der Waals surface area contributed by atoms with E-state index in [0.717, 1.165) is 57.8 Å². The zero-order chi connectivity index (χ0) is 49.9. The summed E-state index contributed by atoms with van der Waals surface area (Å²) < 4.78 is 23.0. The number of hydrogen-bond donors (Lipinski definition) is 4. The fraction of sp³-hybridized carbons (Fsp3) is 0.850. The lowest BCUT2D eigenvalue weighted by molar-refractivity contribution is -0.305. The molecule has 0 bridgehead atoms. The molecule has 0 amide bonds. The monoisotopic (exact) mass is 975 g/mol. The van der Waals surface area contributed by atoms with Crippen molar-refractivity contribution in [2.75, 3.05) is 26.4 Å². The maximum Gasteiger partial charge on any atom is 0.306 e. The number of unbranched alkanes of at least 4 members (excludes halogenated alkanes) is 32. The van der Waals surface area contributed by atoms with Crippen LogP contribution < -0.4 is 0 Å². The summed E-state index contributed by atoms with van der Waals surface area (Å²) in [5, 5.41) is 40.4. The van der Waals surface area contributed by atoms with Crippen LogP contribution >= 0.6 is 0 Å². The number of rotatable bonds is 51. The van der Waals surface area contributed by atoms with Crippen molar-refractivity contribution in [1.82, 2.24) is 0 Å². The minimum Gasteiger partial charge on any atom is -0.457 e. The number of carbonyl (C=O) groups is 1. The fourth-order valence-corrected chi connectivity index (χ4v) is 9.02.